The van der Waals surface area contributed by atoms with Crippen LogP contribution < -0.4 is 10.2 Å². The van der Waals surface area contributed by atoms with E-state index in [1.807, 2.05) is 48.7 Å². The molecule has 0 atom stereocenters. The Labute approximate surface area is 136 Å². The molecule has 23 heavy (non-hydrogen) atoms. The summed E-state index contributed by atoms with van der Waals surface area (Å²) in [6.45, 7) is 2.18. The Morgan fingerprint density at radius 1 is 1.04 bits per heavy atom. The smallest absolute Gasteiger partial charge is 0.249 e. The highest BCUT2D eigenvalue weighted by Crippen LogP contribution is 2.19. The molecule has 0 unspecified atom stereocenters. The number of hydrogen-bond acceptors (Lipinski definition) is 3. The average Bonchev–Trinajstić information content (AvgIpc) is 2.62. The van der Waals surface area contributed by atoms with Gasteiger partial charge in [-0.2, -0.15) is 0 Å². The molecular weight excluding hydrogens is 286 g/mol. The highest BCUT2D eigenvalue weighted by atomic mass is 16.1. The summed E-state index contributed by atoms with van der Waals surface area (Å²) >= 11 is 0. The van der Waals surface area contributed by atoms with Crippen molar-refractivity contribution in [3.05, 3.63) is 60.3 Å². The highest BCUT2D eigenvalue weighted by molar-refractivity contribution is 6.01. The fraction of sp³-hybridized carbons (Fsp3) is 0.263. The quantitative estimate of drug-likeness (QED) is 0.876. The van der Waals surface area contributed by atoms with Crippen molar-refractivity contribution in [1.29, 1.82) is 0 Å². The molecule has 0 bridgehead atoms. The molecule has 1 fully saturated rings. The van der Waals surface area contributed by atoms with Gasteiger partial charge in [0.15, 0.2) is 0 Å². The molecule has 2 aromatic rings. The van der Waals surface area contributed by atoms with Gasteiger partial charge in [-0.15, -0.1) is 0 Å². The summed E-state index contributed by atoms with van der Waals surface area (Å²) in [5.74, 6) is 0.403. The fourth-order valence-electron chi connectivity index (χ4n) is 2.70. The molecule has 3 rings (SSSR count). The topological polar surface area (TPSA) is 45.2 Å². The molecule has 1 aromatic carbocycles. The van der Waals surface area contributed by atoms with Crippen LogP contribution in [0.3, 0.4) is 0 Å². The number of nitrogens with one attached hydrogen (secondary N) is 1. The van der Waals surface area contributed by atoms with Gasteiger partial charge < -0.3 is 10.2 Å². The van der Waals surface area contributed by atoms with E-state index < -0.39 is 0 Å². The van der Waals surface area contributed by atoms with Gasteiger partial charge in [0.2, 0.25) is 5.91 Å². The van der Waals surface area contributed by atoms with E-state index in [-0.39, 0.29) is 5.91 Å². The van der Waals surface area contributed by atoms with Gasteiger partial charge in [-0.1, -0.05) is 30.3 Å². The Balaban J connectivity index is 1.57. The van der Waals surface area contributed by atoms with E-state index >= 15 is 0 Å². The number of hydrogen-bond donors (Lipinski definition) is 1. The number of carbonyl (C=O) groups excluding carboxylic acids is 1. The number of benzene rings is 1. The first-order chi connectivity index (χ1) is 11.3. The maximum absolute atomic E-state index is 11.9. The number of anilines is 2. The van der Waals surface area contributed by atoms with Crippen LogP contribution in [0.1, 0.15) is 24.8 Å². The van der Waals surface area contributed by atoms with E-state index in [1.165, 1.54) is 25.3 Å². The van der Waals surface area contributed by atoms with Crippen LogP contribution in [0.25, 0.3) is 6.08 Å². The number of rotatable bonds is 4. The second-order valence-corrected chi connectivity index (χ2v) is 5.68. The molecule has 2 heterocycles. The lowest BCUT2D eigenvalue weighted by molar-refractivity contribution is -0.111. The van der Waals surface area contributed by atoms with Gasteiger partial charge in [-0.25, -0.2) is 4.98 Å². The zero-order valence-corrected chi connectivity index (χ0v) is 13.1. The number of carbonyl (C=O) groups is 1. The average molecular weight is 307 g/mol. The Morgan fingerprint density at radius 2 is 1.83 bits per heavy atom. The number of aromatic nitrogens is 1. The highest BCUT2D eigenvalue weighted by Gasteiger charge is 2.11. The van der Waals surface area contributed by atoms with E-state index in [0.29, 0.717) is 5.82 Å². The molecule has 0 spiro atoms. The van der Waals surface area contributed by atoms with Crippen LogP contribution in [0.2, 0.25) is 0 Å². The summed E-state index contributed by atoms with van der Waals surface area (Å²) in [6, 6.07) is 13.6. The SMILES string of the molecule is O=C(/C=C/c1ccccc1)Nc1ccc(N2CCCCC2)cn1. The standard InChI is InChI=1S/C19H21N3O/c23-19(12-9-16-7-3-1-4-8-16)21-18-11-10-17(15-20-18)22-13-5-2-6-14-22/h1,3-4,7-12,15H,2,5-6,13-14H2,(H,20,21,23)/b12-9+. The fourth-order valence-corrected chi connectivity index (χ4v) is 2.70. The largest absolute Gasteiger partial charge is 0.370 e. The number of nitrogens with zero attached hydrogens (tertiary/aromatic N) is 2. The third-order valence-electron chi connectivity index (χ3n) is 3.95. The predicted octanol–water partition coefficient (Wildman–Crippen LogP) is 3.72. The van der Waals surface area contributed by atoms with Crippen LogP contribution in [0.5, 0.6) is 0 Å². The minimum Gasteiger partial charge on any atom is -0.370 e. The molecule has 1 amide bonds. The Hall–Kier alpha value is -2.62. The van der Waals surface area contributed by atoms with Gasteiger partial charge in [-0.3, -0.25) is 4.79 Å². The molecule has 0 radical (unpaired) electrons. The van der Waals surface area contributed by atoms with Crippen molar-refractivity contribution < 1.29 is 4.79 Å². The van der Waals surface area contributed by atoms with E-state index in [1.54, 1.807) is 6.08 Å². The lowest BCUT2D eigenvalue weighted by Gasteiger charge is -2.28. The van der Waals surface area contributed by atoms with Crippen molar-refractivity contribution in [3.8, 4) is 0 Å². The minimum absolute atomic E-state index is 0.174. The van der Waals surface area contributed by atoms with Gasteiger partial charge in [0.1, 0.15) is 5.82 Å². The molecular formula is C19H21N3O. The maximum Gasteiger partial charge on any atom is 0.249 e. The molecule has 1 aliphatic heterocycles. The molecule has 4 nitrogen and oxygen atoms in total. The molecule has 1 aliphatic rings. The zero-order valence-electron chi connectivity index (χ0n) is 13.1. The van der Waals surface area contributed by atoms with Crippen LogP contribution in [0, 0.1) is 0 Å². The van der Waals surface area contributed by atoms with Crippen molar-refractivity contribution in [2.75, 3.05) is 23.3 Å². The summed E-state index contributed by atoms with van der Waals surface area (Å²) in [5.41, 5.74) is 2.12. The third kappa shape index (κ3) is 4.42. The Kier molecular flexibility index (Phi) is 5.04. The second-order valence-electron chi connectivity index (χ2n) is 5.68. The molecule has 1 saturated heterocycles. The van der Waals surface area contributed by atoms with E-state index in [4.69, 9.17) is 0 Å². The Bertz CT molecular complexity index is 659. The molecule has 1 N–H and O–H groups in total. The molecule has 0 saturated carbocycles. The maximum atomic E-state index is 11.9. The van der Waals surface area contributed by atoms with Crippen molar-refractivity contribution >= 4 is 23.5 Å². The molecule has 118 valence electrons. The Morgan fingerprint density at radius 3 is 2.52 bits per heavy atom. The second kappa shape index (κ2) is 7.58. The molecule has 0 aliphatic carbocycles. The van der Waals surface area contributed by atoms with Crippen LogP contribution in [0.4, 0.5) is 11.5 Å². The van der Waals surface area contributed by atoms with Crippen molar-refractivity contribution in [1.82, 2.24) is 4.98 Å². The van der Waals surface area contributed by atoms with Crippen molar-refractivity contribution in [2.45, 2.75) is 19.3 Å². The summed E-state index contributed by atoms with van der Waals surface area (Å²) in [5, 5.41) is 2.79. The van der Waals surface area contributed by atoms with Gasteiger partial charge in [0, 0.05) is 19.2 Å². The summed E-state index contributed by atoms with van der Waals surface area (Å²) in [6.07, 6.45) is 8.94. The van der Waals surface area contributed by atoms with Gasteiger partial charge in [0.05, 0.1) is 11.9 Å². The molecule has 4 heteroatoms. The number of piperidine rings is 1. The van der Waals surface area contributed by atoms with Crippen LogP contribution in [-0.4, -0.2) is 24.0 Å². The first kappa shape index (κ1) is 15.3. The summed E-state index contributed by atoms with van der Waals surface area (Å²) in [4.78, 5) is 18.6. The van der Waals surface area contributed by atoms with E-state index in [0.717, 1.165) is 24.3 Å². The lowest BCUT2D eigenvalue weighted by atomic mass is 10.1. The van der Waals surface area contributed by atoms with Gasteiger partial charge >= 0.3 is 0 Å². The lowest BCUT2D eigenvalue weighted by Crippen LogP contribution is -2.29. The summed E-state index contributed by atoms with van der Waals surface area (Å²) < 4.78 is 0. The number of amides is 1. The summed E-state index contributed by atoms with van der Waals surface area (Å²) in [7, 11) is 0. The van der Waals surface area contributed by atoms with Crippen molar-refractivity contribution in [2.24, 2.45) is 0 Å². The normalized spacial score (nSPS) is 14.9. The predicted molar refractivity (Wildman–Crippen MR) is 94.4 cm³/mol. The zero-order chi connectivity index (χ0) is 15.9. The third-order valence-corrected chi connectivity index (χ3v) is 3.95. The number of pyridine rings is 1. The van der Waals surface area contributed by atoms with Gasteiger partial charge in [0.25, 0.3) is 0 Å². The monoisotopic (exact) mass is 307 g/mol. The van der Waals surface area contributed by atoms with Crippen LogP contribution in [0.15, 0.2) is 54.7 Å². The van der Waals surface area contributed by atoms with Crippen molar-refractivity contribution in [3.63, 3.8) is 0 Å². The van der Waals surface area contributed by atoms with E-state index in [9.17, 15) is 4.79 Å². The minimum atomic E-state index is -0.174. The first-order valence-electron chi connectivity index (χ1n) is 8.06. The van der Waals surface area contributed by atoms with Gasteiger partial charge in [-0.05, 0) is 43.0 Å². The van der Waals surface area contributed by atoms with E-state index in [2.05, 4.69) is 15.2 Å². The van der Waals surface area contributed by atoms with Crippen LogP contribution in [-0.2, 0) is 4.79 Å². The first-order valence-corrected chi connectivity index (χ1v) is 8.06. The molecule has 1 aromatic heterocycles. The van der Waals surface area contributed by atoms with Crippen LogP contribution >= 0.6 is 0 Å².